The average molecular weight is 375 g/mol. The van der Waals surface area contributed by atoms with Crippen LogP contribution < -0.4 is 4.72 Å². The maximum atomic E-state index is 12.3. The second-order valence-electron chi connectivity index (χ2n) is 4.26. The molecule has 0 spiro atoms. The minimum atomic E-state index is -3.98. The summed E-state index contributed by atoms with van der Waals surface area (Å²) in [5.74, 6) is -1.61. The number of rotatable bonds is 4. The van der Waals surface area contributed by atoms with E-state index in [0.29, 0.717) is 5.56 Å². The summed E-state index contributed by atoms with van der Waals surface area (Å²) in [6.45, 7) is 3.07. The van der Waals surface area contributed by atoms with Gasteiger partial charge >= 0.3 is 5.97 Å². The molecular formula is C12H11BrN2O5S. The van der Waals surface area contributed by atoms with E-state index in [0.717, 1.165) is 10.5 Å². The first kappa shape index (κ1) is 15.5. The Morgan fingerprint density at radius 1 is 1.38 bits per heavy atom. The van der Waals surface area contributed by atoms with Crippen molar-refractivity contribution in [2.24, 2.45) is 0 Å². The van der Waals surface area contributed by atoms with Gasteiger partial charge in [-0.15, -0.1) is 0 Å². The van der Waals surface area contributed by atoms with Gasteiger partial charge in [-0.1, -0.05) is 0 Å². The first-order chi connectivity index (χ1) is 9.70. The molecular weight excluding hydrogens is 364 g/mol. The minimum absolute atomic E-state index is 0.00494. The van der Waals surface area contributed by atoms with Crippen molar-refractivity contribution in [1.82, 2.24) is 4.98 Å². The Labute approximate surface area is 129 Å². The summed E-state index contributed by atoms with van der Waals surface area (Å²) >= 11 is 3.23. The molecule has 0 aliphatic rings. The fraction of sp³-hybridized carbons (Fsp3) is 0.167. The first-order valence-corrected chi connectivity index (χ1v) is 7.97. The number of hydrogen-bond acceptors (Lipinski definition) is 5. The fourth-order valence-electron chi connectivity index (χ4n) is 1.67. The van der Waals surface area contributed by atoms with E-state index in [-0.39, 0.29) is 16.5 Å². The second-order valence-corrected chi connectivity index (χ2v) is 6.83. The monoisotopic (exact) mass is 374 g/mol. The van der Waals surface area contributed by atoms with Crippen LogP contribution in [-0.2, 0) is 10.0 Å². The smallest absolute Gasteiger partial charge is 0.371 e. The van der Waals surface area contributed by atoms with E-state index >= 15 is 0 Å². The summed E-state index contributed by atoms with van der Waals surface area (Å²) < 4.78 is 32.5. The van der Waals surface area contributed by atoms with E-state index in [1.165, 1.54) is 13.1 Å². The number of sulfonamides is 1. The van der Waals surface area contributed by atoms with Crippen molar-refractivity contribution in [2.45, 2.75) is 18.7 Å². The molecule has 2 heterocycles. The van der Waals surface area contributed by atoms with Gasteiger partial charge in [0.15, 0.2) is 0 Å². The topological polar surface area (TPSA) is 110 Å². The number of halogens is 1. The molecule has 0 saturated carbocycles. The van der Waals surface area contributed by atoms with Crippen molar-refractivity contribution in [3.05, 3.63) is 39.9 Å². The van der Waals surface area contributed by atoms with Gasteiger partial charge in [0.1, 0.15) is 16.5 Å². The van der Waals surface area contributed by atoms with E-state index in [4.69, 9.17) is 9.52 Å². The molecule has 2 aromatic heterocycles. The van der Waals surface area contributed by atoms with Crippen molar-refractivity contribution in [2.75, 3.05) is 4.72 Å². The molecule has 112 valence electrons. The van der Waals surface area contributed by atoms with Crippen LogP contribution in [0, 0.1) is 13.8 Å². The molecule has 0 radical (unpaired) electrons. The van der Waals surface area contributed by atoms with Crippen LogP contribution in [0.3, 0.4) is 0 Å². The number of carboxylic acid groups (broad SMARTS) is 1. The van der Waals surface area contributed by atoms with Gasteiger partial charge < -0.3 is 9.52 Å². The fourth-order valence-corrected chi connectivity index (χ4v) is 3.37. The summed E-state index contributed by atoms with van der Waals surface area (Å²) in [5, 5.41) is 8.83. The number of furan rings is 1. The maximum absolute atomic E-state index is 12.3. The first-order valence-electron chi connectivity index (χ1n) is 5.69. The van der Waals surface area contributed by atoms with Crippen LogP contribution in [0.15, 0.2) is 32.1 Å². The number of nitrogens with one attached hydrogen (secondary N) is 1. The minimum Gasteiger partial charge on any atom is -0.475 e. The molecule has 21 heavy (non-hydrogen) atoms. The lowest BCUT2D eigenvalue weighted by Crippen LogP contribution is -2.15. The molecule has 0 aromatic carbocycles. The Bertz CT molecular complexity index is 813. The third-order valence-electron chi connectivity index (χ3n) is 2.65. The van der Waals surface area contributed by atoms with Crippen LogP contribution >= 0.6 is 15.9 Å². The predicted octanol–water partition coefficient (Wildman–Crippen LogP) is 2.55. The molecule has 0 atom stereocenters. The van der Waals surface area contributed by atoms with Gasteiger partial charge in [-0.05, 0) is 41.4 Å². The van der Waals surface area contributed by atoms with Crippen molar-refractivity contribution in [1.29, 1.82) is 0 Å². The molecule has 0 fully saturated rings. The number of aromatic nitrogens is 1. The number of pyridine rings is 1. The number of aromatic carboxylic acids is 1. The summed E-state index contributed by atoms with van der Waals surface area (Å²) in [7, 11) is -3.98. The molecule has 0 saturated heterocycles. The molecule has 2 N–H and O–H groups in total. The number of hydrogen-bond donors (Lipinski definition) is 2. The molecule has 0 aliphatic heterocycles. The number of anilines is 1. The van der Waals surface area contributed by atoms with Crippen LogP contribution in [0.4, 0.5) is 5.82 Å². The zero-order valence-electron chi connectivity index (χ0n) is 11.0. The summed E-state index contributed by atoms with van der Waals surface area (Å²) in [6, 6.07) is 2.67. The van der Waals surface area contributed by atoms with E-state index in [1.54, 1.807) is 13.0 Å². The Balaban J connectivity index is 2.41. The molecule has 0 bridgehead atoms. The zero-order chi connectivity index (χ0) is 15.8. The van der Waals surface area contributed by atoms with Gasteiger partial charge in [-0.2, -0.15) is 0 Å². The van der Waals surface area contributed by atoms with E-state index in [9.17, 15) is 13.2 Å². The molecule has 0 unspecified atom stereocenters. The van der Waals surface area contributed by atoms with Gasteiger partial charge in [0, 0.05) is 16.7 Å². The largest absolute Gasteiger partial charge is 0.475 e. The van der Waals surface area contributed by atoms with Gasteiger partial charge in [-0.3, -0.25) is 4.72 Å². The van der Waals surface area contributed by atoms with Crippen molar-refractivity contribution in [3.63, 3.8) is 0 Å². The Morgan fingerprint density at radius 3 is 2.57 bits per heavy atom. The number of carboxylic acids is 1. The highest BCUT2D eigenvalue weighted by molar-refractivity contribution is 9.10. The Morgan fingerprint density at radius 2 is 2.05 bits per heavy atom. The molecule has 9 heteroatoms. The van der Waals surface area contributed by atoms with Gasteiger partial charge in [0.2, 0.25) is 5.76 Å². The number of aryl methyl sites for hydroxylation is 2. The molecule has 0 amide bonds. The van der Waals surface area contributed by atoms with Gasteiger partial charge in [-0.25, -0.2) is 18.2 Å². The van der Waals surface area contributed by atoms with Crippen LogP contribution in [0.1, 0.15) is 21.9 Å². The highest BCUT2D eigenvalue weighted by Crippen LogP contribution is 2.24. The average Bonchev–Trinajstić information content (AvgIpc) is 2.76. The molecule has 2 aromatic rings. The predicted molar refractivity (Wildman–Crippen MR) is 77.9 cm³/mol. The van der Waals surface area contributed by atoms with Crippen molar-refractivity contribution in [3.8, 4) is 0 Å². The lowest BCUT2D eigenvalue weighted by atomic mass is 10.3. The zero-order valence-corrected chi connectivity index (χ0v) is 13.4. The summed E-state index contributed by atoms with van der Waals surface area (Å²) in [5.41, 5.74) is 0.618. The summed E-state index contributed by atoms with van der Waals surface area (Å²) in [6.07, 6.45) is 1.45. The standard InChI is InChI=1S/C12H11BrN2O5S/c1-6-3-8(13)5-14-11(6)15-21(18,19)10-4-9(12(16)17)20-7(10)2/h3-5H,1-2H3,(H,14,15)(H,16,17). The molecule has 0 aliphatic carbocycles. The van der Waals surface area contributed by atoms with Gasteiger partial charge in [0.05, 0.1) is 0 Å². The maximum Gasteiger partial charge on any atom is 0.371 e. The second kappa shape index (κ2) is 5.49. The summed E-state index contributed by atoms with van der Waals surface area (Å²) in [4.78, 5) is 14.6. The van der Waals surface area contributed by atoms with Crippen LogP contribution in [-0.4, -0.2) is 24.5 Å². The number of nitrogens with zero attached hydrogens (tertiary/aromatic N) is 1. The molecule has 2 rings (SSSR count). The van der Waals surface area contributed by atoms with Gasteiger partial charge in [0.25, 0.3) is 10.0 Å². The van der Waals surface area contributed by atoms with Crippen LogP contribution in [0.2, 0.25) is 0 Å². The third kappa shape index (κ3) is 3.24. The SMILES string of the molecule is Cc1cc(Br)cnc1NS(=O)(=O)c1cc(C(=O)O)oc1C. The van der Waals surface area contributed by atoms with Crippen LogP contribution in [0.5, 0.6) is 0 Å². The van der Waals surface area contributed by atoms with E-state index < -0.39 is 21.8 Å². The quantitative estimate of drug-likeness (QED) is 0.850. The third-order valence-corrected chi connectivity index (χ3v) is 4.53. The Hall–Kier alpha value is -1.87. The van der Waals surface area contributed by atoms with Crippen molar-refractivity contribution < 1.29 is 22.7 Å². The highest BCUT2D eigenvalue weighted by Gasteiger charge is 2.24. The Kier molecular flexibility index (Phi) is 4.06. The van der Waals surface area contributed by atoms with E-state index in [1.807, 2.05) is 0 Å². The number of carbonyl (C=O) groups is 1. The van der Waals surface area contributed by atoms with E-state index in [2.05, 4.69) is 25.6 Å². The lowest BCUT2D eigenvalue weighted by molar-refractivity contribution is 0.0661. The highest BCUT2D eigenvalue weighted by atomic mass is 79.9. The lowest BCUT2D eigenvalue weighted by Gasteiger charge is -2.08. The molecule has 7 nitrogen and oxygen atoms in total. The normalized spacial score (nSPS) is 11.4. The van der Waals surface area contributed by atoms with Crippen molar-refractivity contribution >= 4 is 37.7 Å². The van der Waals surface area contributed by atoms with Crippen LogP contribution in [0.25, 0.3) is 0 Å².